The fraction of sp³-hybridized carbons (Fsp3) is 0.118. The zero-order valence-corrected chi connectivity index (χ0v) is 14.0. The number of rotatable bonds is 4. The summed E-state index contributed by atoms with van der Waals surface area (Å²) in [6.07, 6.45) is -1.72. The van der Waals surface area contributed by atoms with Crippen LogP contribution in [0, 0.1) is 0 Å². The highest BCUT2D eigenvalue weighted by Gasteiger charge is 2.30. The van der Waals surface area contributed by atoms with E-state index in [1.807, 2.05) is 0 Å². The van der Waals surface area contributed by atoms with Crippen LogP contribution in [0.15, 0.2) is 46.9 Å². The van der Waals surface area contributed by atoms with Gasteiger partial charge in [0, 0.05) is 5.56 Å². The van der Waals surface area contributed by atoms with Gasteiger partial charge in [-0.05, 0) is 51.8 Å². The summed E-state index contributed by atoms with van der Waals surface area (Å²) < 4.78 is 42.9. The first kappa shape index (κ1) is 18.1. The number of phenolic OH excluding ortho intramolecular Hbond substituents is 1. The molecule has 0 aliphatic rings. The van der Waals surface area contributed by atoms with Gasteiger partial charge in [0.25, 0.3) is 0 Å². The SMILES string of the molecule is COc1cc(C=CC(=O)c2ccc(C(F)(F)F)cc2)cc(Br)c1O. The number of carbonyl (C=O) groups excluding carboxylic acids is 1. The Morgan fingerprint density at radius 1 is 1.21 bits per heavy atom. The summed E-state index contributed by atoms with van der Waals surface area (Å²) in [5, 5.41) is 9.71. The lowest BCUT2D eigenvalue weighted by atomic mass is 10.1. The maximum absolute atomic E-state index is 12.5. The molecule has 0 radical (unpaired) electrons. The highest BCUT2D eigenvalue weighted by atomic mass is 79.9. The summed E-state index contributed by atoms with van der Waals surface area (Å²) in [4.78, 5) is 12.0. The van der Waals surface area contributed by atoms with E-state index in [1.54, 1.807) is 6.07 Å². The van der Waals surface area contributed by atoms with Crippen LogP contribution in [0.25, 0.3) is 6.08 Å². The molecule has 0 fully saturated rings. The molecule has 0 heterocycles. The number of hydrogen-bond donors (Lipinski definition) is 1. The molecule has 0 saturated heterocycles. The van der Waals surface area contributed by atoms with Crippen LogP contribution in [0.2, 0.25) is 0 Å². The normalized spacial score (nSPS) is 11.7. The average Bonchev–Trinajstić information content (AvgIpc) is 2.54. The Morgan fingerprint density at radius 2 is 1.83 bits per heavy atom. The highest BCUT2D eigenvalue weighted by Crippen LogP contribution is 2.35. The first-order valence-corrected chi connectivity index (χ1v) is 7.48. The minimum Gasteiger partial charge on any atom is -0.503 e. The first-order valence-electron chi connectivity index (χ1n) is 6.68. The van der Waals surface area contributed by atoms with Crippen LogP contribution in [0.1, 0.15) is 21.5 Å². The molecule has 1 N–H and O–H groups in total. The topological polar surface area (TPSA) is 46.5 Å². The van der Waals surface area contributed by atoms with Crippen molar-refractivity contribution in [3.63, 3.8) is 0 Å². The van der Waals surface area contributed by atoms with Gasteiger partial charge in [0.15, 0.2) is 17.3 Å². The Kier molecular flexibility index (Phi) is 5.33. The number of benzene rings is 2. The highest BCUT2D eigenvalue weighted by molar-refractivity contribution is 9.10. The summed E-state index contributed by atoms with van der Waals surface area (Å²) in [7, 11) is 1.39. The second kappa shape index (κ2) is 7.09. The largest absolute Gasteiger partial charge is 0.503 e. The minimum atomic E-state index is -4.44. The standard InChI is InChI=1S/C17H12BrF3O3/c1-24-15-9-10(8-13(18)16(15)23)2-7-14(22)11-3-5-12(6-4-11)17(19,20)21/h2-9,23H,1H3. The van der Waals surface area contributed by atoms with Gasteiger partial charge in [0.2, 0.25) is 0 Å². The van der Waals surface area contributed by atoms with E-state index in [1.165, 1.54) is 25.3 Å². The number of phenols is 1. The fourth-order valence-electron chi connectivity index (χ4n) is 1.94. The van der Waals surface area contributed by atoms with E-state index in [-0.39, 0.29) is 17.1 Å². The number of hydrogen-bond acceptors (Lipinski definition) is 3. The van der Waals surface area contributed by atoms with Gasteiger partial charge in [-0.25, -0.2) is 0 Å². The van der Waals surface area contributed by atoms with E-state index in [0.29, 0.717) is 10.0 Å². The number of halogens is 4. The molecule has 126 valence electrons. The molecule has 0 atom stereocenters. The molecule has 2 aromatic carbocycles. The Morgan fingerprint density at radius 3 is 2.38 bits per heavy atom. The van der Waals surface area contributed by atoms with Crippen molar-refractivity contribution in [1.29, 1.82) is 0 Å². The molecule has 0 aliphatic heterocycles. The predicted molar refractivity (Wildman–Crippen MR) is 87.2 cm³/mol. The molecule has 7 heteroatoms. The molecule has 0 saturated carbocycles. The van der Waals surface area contributed by atoms with E-state index >= 15 is 0 Å². The Hall–Kier alpha value is -2.28. The maximum atomic E-state index is 12.5. The molecule has 0 aliphatic carbocycles. The summed E-state index contributed by atoms with van der Waals surface area (Å²) >= 11 is 3.16. The maximum Gasteiger partial charge on any atom is 0.416 e. The molecule has 24 heavy (non-hydrogen) atoms. The van der Waals surface area contributed by atoms with Crippen molar-refractivity contribution in [1.82, 2.24) is 0 Å². The van der Waals surface area contributed by atoms with Crippen molar-refractivity contribution >= 4 is 27.8 Å². The van der Waals surface area contributed by atoms with Gasteiger partial charge in [0.05, 0.1) is 17.1 Å². The first-order chi connectivity index (χ1) is 11.2. The van der Waals surface area contributed by atoms with Gasteiger partial charge in [-0.3, -0.25) is 4.79 Å². The average molecular weight is 401 g/mol. The van der Waals surface area contributed by atoms with Crippen LogP contribution < -0.4 is 4.74 Å². The van der Waals surface area contributed by atoms with Crippen LogP contribution in [-0.4, -0.2) is 18.0 Å². The van der Waals surface area contributed by atoms with E-state index in [4.69, 9.17) is 4.74 Å². The lowest BCUT2D eigenvalue weighted by Crippen LogP contribution is -2.05. The molecule has 0 aromatic heterocycles. The molecule has 0 bridgehead atoms. The second-order valence-electron chi connectivity index (χ2n) is 4.83. The van der Waals surface area contributed by atoms with Crippen LogP contribution in [0.4, 0.5) is 13.2 Å². The number of carbonyl (C=O) groups is 1. The summed E-state index contributed by atoms with van der Waals surface area (Å²) in [6, 6.07) is 7.08. The number of methoxy groups -OCH3 is 1. The van der Waals surface area contributed by atoms with Gasteiger partial charge in [-0.2, -0.15) is 13.2 Å². The monoisotopic (exact) mass is 400 g/mol. The Labute approximate surface area is 144 Å². The number of ether oxygens (including phenoxy) is 1. The van der Waals surface area contributed by atoms with Gasteiger partial charge in [-0.15, -0.1) is 0 Å². The number of aromatic hydroxyl groups is 1. The van der Waals surface area contributed by atoms with Crippen LogP contribution in [0.3, 0.4) is 0 Å². The third kappa shape index (κ3) is 4.17. The predicted octanol–water partition coefficient (Wildman–Crippen LogP) is 5.08. The molecule has 0 amide bonds. The zero-order chi connectivity index (χ0) is 17.9. The molecule has 2 rings (SSSR count). The van der Waals surface area contributed by atoms with E-state index in [2.05, 4.69) is 15.9 Å². The van der Waals surface area contributed by atoms with E-state index in [9.17, 15) is 23.1 Å². The van der Waals surface area contributed by atoms with Gasteiger partial charge < -0.3 is 9.84 Å². The van der Waals surface area contributed by atoms with Crippen molar-refractivity contribution in [3.8, 4) is 11.5 Å². The number of allylic oxidation sites excluding steroid dienone is 1. The smallest absolute Gasteiger partial charge is 0.416 e. The van der Waals surface area contributed by atoms with Crippen LogP contribution in [-0.2, 0) is 6.18 Å². The van der Waals surface area contributed by atoms with Crippen LogP contribution in [0.5, 0.6) is 11.5 Å². The van der Waals surface area contributed by atoms with Crippen molar-refractivity contribution in [2.24, 2.45) is 0 Å². The minimum absolute atomic E-state index is 0.0660. The lowest BCUT2D eigenvalue weighted by Gasteiger charge is -2.07. The number of alkyl halides is 3. The van der Waals surface area contributed by atoms with Crippen molar-refractivity contribution in [3.05, 3.63) is 63.6 Å². The van der Waals surface area contributed by atoms with Gasteiger partial charge in [0.1, 0.15) is 0 Å². The molecule has 2 aromatic rings. The molecule has 3 nitrogen and oxygen atoms in total. The van der Waals surface area contributed by atoms with Crippen LogP contribution >= 0.6 is 15.9 Å². The van der Waals surface area contributed by atoms with Crippen molar-refractivity contribution in [2.45, 2.75) is 6.18 Å². The molecular formula is C17H12BrF3O3. The fourth-order valence-corrected chi connectivity index (χ4v) is 2.40. The third-order valence-corrected chi connectivity index (χ3v) is 3.80. The van der Waals surface area contributed by atoms with E-state index < -0.39 is 17.5 Å². The van der Waals surface area contributed by atoms with Crippen molar-refractivity contribution in [2.75, 3.05) is 7.11 Å². The number of ketones is 1. The summed E-state index contributed by atoms with van der Waals surface area (Å²) in [6.45, 7) is 0. The molecule has 0 unspecified atom stereocenters. The Balaban J connectivity index is 2.20. The molecular weight excluding hydrogens is 389 g/mol. The summed E-state index contributed by atoms with van der Waals surface area (Å²) in [5.41, 5.74) is -0.0870. The second-order valence-corrected chi connectivity index (χ2v) is 5.68. The quantitative estimate of drug-likeness (QED) is 0.574. The lowest BCUT2D eigenvalue weighted by molar-refractivity contribution is -0.137. The summed E-state index contributed by atoms with van der Waals surface area (Å²) in [5.74, 6) is -0.276. The Bertz CT molecular complexity index is 781. The van der Waals surface area contributed by atoms with Crippen molar-refractivity contribution < 1.29 is 27.8 Å². The van der Waals surface area contributed by atoms with E-state index in [0.717, 1.165) is 24.3 Å². The van der Waals surface area contributed by atoms with Gasteiger partial charge >= 0.3 is 6.18 Å². The molecule has 0 spiro atoms. The third-order valence-electron chi connectivity index (χ3n) is 3.19. The van der Waals surface area contributed by atoms with Gasteiger partial charge in [-0.1, -0.05) is 18.2 Å². The zero-order valence-electron chi connectivity index (χ0n) is 12.4.